The molecule has 0 radical (unpaired) electrons. The van der Waals surface area contributed by atoms with E-state index in [-0.39, 0.29) is 25.4 Å². The first-order chi connectivity index (χ1) is 9.32. The van der Waals surface area contributed by atoms with Crippen molar-refractivity contribution in [1.82, 2.24) is 4.72 Å². The van der Waals surface area contributed by atoms with E-state index in [0.29, 0.717) is 18.8 Å². The van der Waals surface area contributed by atoms with Crippen molar-refractivity contribution in [2.45, 2.75) is 51.5 Å². The molecule has 6 nitrogen and oxygen atoms in total. The van der Waals surface area contributed by atoms with Gasteiger partial charge in [-0.1, -0.05) is 6.92 Å². The van der Waals surface area contributed by atoms with Crippen LogP contribution in [0.15, 0.2) is 0 Å². The molecule has 118 valence electrons. The average molecular weight is 307 g/mol. The Labute approximate surface area is 120 Å². The van der Waals surface area contributed by atoms with Gasteiger partial charge < -0.3 is 9.84 Å². The second kappa shape index (κ2) is 7.38. The SMILES string of the molecule is CCOC(=O)CCS(=O)(=O)NC1(CO)CCC(C)CC1. The van der Waals surface area contributed by atoms with Crippen LogP contribution in [0.4, 0.5) is 0 Å². The molecule has 20 heavy (non-hydrogen) atoms. The Morgan fingerprint density at radius 2 is 2.00 bits per heavy atom. The number of sulfonamides is 1. The van der Waals surface area contributed by atoms with E-state index in [0.717, 1.165) is 12.8 Å². The lowest BCUT2D eigenvalue weighted by Gasteiger charge is -2.38. The molecule has 0 aliphatic heterocycles. The molecule has 0 aromatic heterocycles. The van der Waals surface area contributed by atoms with Gasteiger partial charge in [0.25, 0.3) is 0 Å². The summed E-state index contributed by atoms with van der Waals surface area (Å²) >= 11 is 0. The number of carbonyl (C=O) groups is 1. The van der Waals surface area contributed by atoms with Gasteiger partial charge in [0.15, 0.2) is 0 Å². The lowest BCUT2D eigenvalue weighted by atomic mass is 9.78. The Bertz CT molecular complexity index is 412. The van der Waals surface area contributed by atoms with E-state index in [1.165, 1.54) is 0 Å². The second-order valence-corrected chi connectivity index (χ2v) is 7.44. The minimum atomic E-state index is -3.59. The number of aliphatic hydroxyl groups excluding tert-OH is 1. The lowest BCUT2D eigenvalue weighted by Crippen LogP contribution is -2.53. The largest absolute Gasteiger partial charge is 0.466 e. The van der Waals surface area contributed by atoms with E-state index in [2.05, 4.69) is 11.6 Å². The highest BCUT2D eigenvalue weighted by Gasteiger charge is 2.37. The highest BCUT2D eigenvalue weighted by molar-refractivity contribution is 7.89. The summed E-state index contributed by atoms with van der Waals surface area (Å²) in [6.45, 7) is 3.83. The minimum Gasteiger partial charge on any atom is -0.466 e. The van der Waals surface area contributed by atoms with Crippen molar-refractivity contribution in [3.05, 3.63) is 0 Å². The number of aliphatic hydroxyl groups is 1. The molecule has 0 aromatic rings. The van der Waals surface area contributed by atoms with E-state index >= 15 is 0 Å². The molecular weight excluding hydrogens is 282 g/mol. The maximum Gasteiger partial charge on any atom is 0.306 e. The van der Waals surface area contributed by atoms with Gasteiger partial charge in [-0.05, 0) is 38.5 Å². The van der Waals surface area contributed by atoms with E-state index in [4.69, 9.17) is 4.74 Å². The van der Waals surface area contributed by atoms with Crippen LogP contribution in [0.25, 0.3) is 0 Å². The molecule has 7 heteroatoms. The third kappa shape index (κ3) is 5.38. The quantitative estimate of drug-likeness (QED) is 0.679. The molecule has 0 aromatic carbocycles. The van der Waals surface area contributed by atoms with Gasteiger partial charge in [0, 0.05) is 0 Å². The topological polar surface area (TPSA) is 92.7 Å². The zero-order valence-electron chi connectivity index (χ0n) is 12.2. The van der Waals surface area contributed by atoms with Gasteiger partial charge in [0.2, 0.25) is 10.0 Å². The van der Waals surface area contributed by atoms with Crippen LogP contribution in [0.3, 0.4) is 0 Å². The summed E-state index contributed by atoms with van der Waals surface area (Å²) in [6, 6.07) is 0. The predicted octanol–water partition coefficient (Wildman–Crippen LogP) is 0.800. The molecule has 0 amide bonds. The summed E-state index contributed by atoms with van der Waals surface area (Å²) in [5, 5.41) is 9.53. The molecule has 2 N–H and O–H groups in total. The molecule has 0 bridgehead atoms. The van der Waals surface area contributed by atoms with Crippen molar-refractivity contribution in [3.63, 3.8) is 0 Å². The van der Waals surface area contributed by atoms with Crippen LogP contribution in [0, 0.1) is 5.92 Å². The van der Waals surface area contributed by atoms with E-state index in [9.17, 15) is 18.3 Å². The van der Waals surface area contributed by atoms with Gasteiger partial charge in [-0.2, -0.15) is 0 Å². The van der Waals surface area contributed by atoms with Crippen LogP contribution < -0.4 is 4.72 Å². The molecule has 1 aliphatic rings. The minimum absolute atomic E-state index is 0.166. The number of ether oxygens (including phenoxy) is 1. The van der Waals surface area contributed by atoms with E-state index in [1.54, 1.807) is 6.92 Å². The molecule has 0 unspecified atom stereocenters. The van der Waals surface area contributed by atoms with Gasteiger partial charge in [-0.15, -0.1) is 0 Å². The van der Waals surface area contributed by atoms with Crippen LogP contribution >= 0.6 is 0 Å². The highest BCUT2D eigenvalue weighted by Crippen LogP contribution is 2.32. The van der Waals surface area contributed by atoms with Gasteiger partial charge in [-0.25, -0.2) is 13.1 Å². The van der Waals surface area contributed by atoms with Crippen LogP contribution in [-0.2, 0) is 19.6 Å². The molecular formula is C13H25NO5S. The van der Waals surface area contributed by atoms with E-state index in [1.807, 2.05) is 0 Å². The summed E-state index contributed by atoms with van der Waals surface area (Å²) in [5.74, 6) is -0.268. The third-order valence-corrected chi connectivity index (χ3v) is 5.27. The zero-order valence-corrected chi connectivity index (χ0v) is 13.0. The Morgan fingerprint density at radius 3 is 2.50 bits per heavy atom. The van der Waals surface area contributed by atoms with Crippen molar-refractivity contribution in [1.29, 1.82) is 0 Å². The second-order valence-electron chi connectivity index (χ2n) is 5.60. The molecule has 1 rings (SSSR count). The van der Waals surface area contributed by atoms with Crippen molar-refractivity contribution in [2.24, 2.45) is 5.92 Å². The number of hydrogen-bond donors (Lipinski definition) is 2. The van der Waals surface area contributed by atoms with Crippen molar-refractivity contribution >= 4 is 16.0 Å². The average Bonchev–Trinajstić information content (AvgIpc) is 2.40. The fourth-order valence-electron chi connectivity index (χ4n) is 2.44. The van der Waals surface area contributed by atoms with Gasteiger partial charge >= 0.3 is 5.97 Å². The first kappa shape index (κ1) is 17.4. The molecule has 0 saturated heterocycles. The maximum absolute atomic E-state index is 12.0. The van der Waals surface area contributed by atoms with Crippen LogP contribution in [0.1, 0.15) is 46.0 Å². The van der Waals surface area contributed by atoms with E-state index < -0.39 is 21.5 Å². The molecule has 0 spiro atoms. The van der Waals surface area contributed by atoms with Crippen molar-refractivity contribution in [2.75, 3.05) is 19.0 Å². The fourth-order valence-corrected chi connectivity index (χ4v) is 3.90. The van der Waals surface area contributed by atoms with Crippen LogP contribution in [-0.4, -0.2) is 44.0 Å². The molecule has 1 fully saturated rings. The first-order valence-corrected chi connectivity index (χ1v) is 8.76. The summed E-state index contributed by atoms with van der Waals surface area (Å²) in [4.78, 5) is 11.2. The normalized spacial score (nSPS) is 27.2. The third-order valence-electron chi connectivity index (χ3n) is 3.79. The fraction of sp³-hybridized carbons (Fsp3) is 0.923. The highest BCUT2D eigenvalue weighted by atomic mass is 32.2. The standard InChI is InChI=1S/C13H25NO5S/c1-3-19-12(16)6-9-20(17,18)14-13(10-15)7-4-11(2)5-8-13/h11,14-15H,3-10H2,1-2H3. The summed E-state index contributed by atoms with van der Waals surface area (Å²) in [7, 11) is -3.59. The Kier molecular flexibility index (Phi) is 6.42. The van der Waals surface area contributed by atoms with Gasteiger partial charge in [0.1, 0.15) is 0 Å². The Morgan fingerprint density at radius 1 is 1.40 bits per heavy atom. The van der Waals surface area contributed by atoms with Gasteiger partial charge in [0.05, 0.1) is 30.9 Å². The summed E-state index contributed by atoms with van der Waals surface area (Å²) in [6.07, 6.45) is 2.87. The summed E-state index contributed by atoms with van der Waals surface area (Å²) in [5.41, 5.74) is -0.764. The van der Waals surface area contributed by atoms with Crippen molar-refractivity contribution in [3.8, 4) is 0 Å². The number of esters is 1. The lowest BCUT2D eigenvalue weighted by molar-refractivity contribution is -0.142. The number of nitrogens with one attached hydrogen (secondary N) is 1. The molecule has 0 atom stereocenters. The van der Waals surface area contributed by atoms with Crippen LogP contribution in [0.2, 0.25) is 0 Å². The number of rotatable bonds is 7. The van der Waals surface area contributed by atoms with Gasteiger partial charge in [-0.3, -0.25) is 4.79 Å². The Balaban J connectivity index is 2.57. The first-order valence-electron chi connectivity index (χ1n) is 7.10. The number of carbonyl (C=O) groups excluding carboxylic acids is 1. The number of hydrogen-bond acceptors (Lipinski definition) is 5. The molecule has 1 saturated carbocycles. The smallest absolute Gasteiger partial charge is 0.306 e. The molecule has 1 aliphatic carbocycles. The summed E-state index contributed by atoms with van der Waals surface area (Å²) < 4.78 is 31.3. The Hall–Kier alpha value is -0.660. The predicted molar refractivity (Wildman–Crippen MR) is 75.6 cm³/mol. The zero-order chi connectivity index (χ0) is 15.2. The maximum atomic E-state index is 12.0. The van der Waals surface area contributed by atoms with Crippen LogP contribution in [0.5, 0.6) is 0 Å². The monoisotopic (exact) mass is 307 g/mol. The molecule has 0 heterocycles. The van der Waals surface area contributed by atoms with Crippen molar-refractivity contribution < 1.29 is 23.1 Å².